The summed E-state index contributed by atoms with van der Waals surface area (Å²) in [5.74, 6) is 0.479. The summed E-state index contributed by atoms with van der Waals surface area (Å²) in [6, 6.07) is 17.1. The van der Waals surface area contributed by atoms with E-state index in [1.807, 2.05) is 68.4 Å². The van der Waals surface area contributed by atoms with Gasteiger partial charge in [-0.05, 0) is 43.0 Å². The number of nitrogens with zero attached hydrogens (tertiary/aromatic N) is 3. The molecule has 1 atom stereocenters. The molecule has 0 bridgehead atoms. The molecule has 1 unspecified atom stereocenters. The van der Waals surface area contributed by atoms with E-state index < -0.39 is 0 Å². The third-order valence-corrected chi connectivity index (χ3v) is 5.41. The monoisotopic (exact) mass is 412 g/mol. The number of hydrogen-bond donors (Lipinski definition) is 3. The van der Waals surface area contributed by atoms with E-state index in [1.54, 1.807) is 4.57 Å². The molecule has 0 spiro atoms. The standard InChI is InChI=1S/C23H20N6O2/c1-13-7-6-8-15-11-17(29(22(30)18(13)15)16-9-4-3-5-10-16)14(2)26-20-19-21(25-12-24-20)28-23(31)27-19/h3-12,14H,1-2H3,(H3,24,25,26,27,28,31). The van der Waals surface area contributed by atoms with E-state index in [9.17, 15) is 9.59 Å². The van der Waals surface area contributed by atoms with Crippen LogP contribution in [0.1, 0.15) is 24.2 Å². The number of fused-ring (bicyclic) bond motifs is 2. The minimum atomic E-state index is -0.353. The van der Waals surface area contributed by atoms with Crippen molar-refractivity contribution in [3.63, 3.8) is 0 Å². The fourth-order valence-electron chi connectivity index (χ4n) is 3.96. The SMILES string of the molecule is Cc1cccc2cc(C(C)Nc3ncnc4[nH]c(=O)[nH]c34)n(-c3ccccc3)c(=O)c12. The van der Waals surface area contributed by atoms with Crippen molar-refractivity contribution in [2.24, 2.45) is 0 Å². The topological polar surface area (TPSA) is 108 Å². The van der Waals surface area contributed by atoms with Gasteiger partial charge in [-0.3, -0.25) is 14.3 Å². The molecule has 3 N–H and O–H groups in total. The maximum Gasteiger partial charge on any atom is 0.325 e. The lowest BCUT2D eigenvalue weighted by Gasteiger charge is -2.21. The average Bonchev–Trinajstić information content (AvgIpc) is 3.15. The van der Waals surface area contributed by atoms with Gasteiger partial charge in [-0.1, -0.05) is 36.4 Å². The predicted molar refractivity (Wildman–Crippen MR) is 121 cm³/mol. The highest BCUT2D eigenvalue weighted by Crippen LogP contribution is 2.26. The van der Waals surface area contributed by atoms with Crippen LogP contribution in [-0.4, -0.2) is 24.5 Å². The van der Waals surface area contributed by atoms with Crippen LogP contribution in [0.25, 0.3) is 27.6 Å². The third kappa shape index (κ3) is 3.18. The molecule has 8 nitrogen and oxygen atoms in total. The van der Waals surface area contributed by atoms with Gasteiger partial charge >= 0.3 is 5.69 Å². The molecule has 0 saturated carbocycles. The number of imidazole rings is 1. The number of aromatic amines is 2. The number of anilines is 1. The van der Waals surface area contributed by atoms with Crippen molar-refractivity contribution in [3.05, 3.63) is 93.0 Å². The van der Waals surface area contributed by atoms with Crippen molar-refractivity contribution in [1.82, 2.24) is 24.5 Å². The van der Waals surface area contributed by atoms with Gasteiger partial charge in [-0.2, -0.15) is 0 Å². The quantitative estimate of drug-likeness (QED) is 0.419. The fourth-order valence-corrected chi connectivity index (χ4v) is 3.96. The van der Waals surface area contributed by atoms with E-state index >= 15 is 0 Å². The van der Waals surface area contributed by atoms with Gasteiger partial charge in [0.05, 0.1) is 11.4 Å². The maximum atomic E-state index is 13.6. The Morgan fingerprint density at radius 2 is 1.81 bits per heavy atom. The number of aryl methyl sites for hydroxylation is 1. The zero-order valence-electron chi connectivity index (χ0n) is 17.0. The molecule has 3 heterocycles. The van der Waals surface area contributed by atoms with Crippen LogP contribution >= 0.6 is 0 Å². The van der Waals surface area contributed by atoms with E-state index in [2.05, 4.69) is 25.3 Å². The first kappa shape index (κ1) is 18.8. The van der Waals surface area contributed by atoms with Gasteiger partial charge in [0.15, 0.2) is 11.5 Å². The lowest BCUT2D eigenvalue weighted by atomic mass is 10.0. The Bertz CT molecular complexity index is 1530. The number of rotatable bonds is 4. The van der Waals surface area contributed by atoms with Crippen LogP contribution in [0.5, 0.6) is 0 Å². The second-order valence-corrected chi connectivity index (χ2v) is 7.48. The molecule has 5 rings (SSSR count). The first-order valence-corrected chi connectivity index (χ1v) is 9.93. The predicted octanol–water partition coefficient (Wildman–Crippen LogP) is 3.43. The largest absolute Gasteiger partial charge is 0.360 e. The molecule has 0 amide bonds. The number of nitrogens with one attached hydrogen (secondary N) is 3. The van der Waals surface area contributed by atoms with Crippen molar-refractivity contribution in [2.75, 3.05) is 5.32 Å². The molecule has 0 aliphatic heterocycles. The summed E-state index contributed by atoms with van der Waals surface area (Å²) in [4.78, 5) is 39.0. The minimum absolute atomic E-state index is 0.0756. The second kappa shape index (κ2) is 7.24. The number of aromatic nitrogens is 5. The molecule has 0 aliphatic rings. The van der Waals surface area contributed by atoms with Crippen LogP contribution in [0, 0.1) is 6.92 Å². The van der Waals surface area contributed by atoms with E-state index in [-0.39, 0.29) is 17.3 Å². The summed E-state index contributed by atoms with van der Waals surface area (Å²) in [5.41, 5.74) is 2.97. The van der Waals surface area contributed by atoms with Crippen LogP contribution in [0.4, 0.5) is 5.82 Å². The molecule has 0 saturated heterocycles. The molecule has 0 radical (unpaired) electrons. The zero-order valence-corrected chi connectivity index (χ0v) is 17.0. The summed E-state index contributed by atoms with van der Waals surface area (Å²) >= 11 is 0. The van der Waals surface area contributed by atoms with E-state index in [1.165, 1.54) is 6.33 Å². The molecular formula is C23H20N6O2. The van der Waals surface area contributed by atoms with Gasteiger partial charge in [0.25, 0.3) is 5.56 Å². The van der Waals surface area contributed by atoms with Crippen LogP contribution in [0.2, 0.25) is 0 Å². The van der Waals surface area contributed by atoms with E-state index in [4.69, 9.17) is 0 Å². The summed E-state index contributed by atoms with van der Waals surface area (Å²) in [6.45, 7) is 3.90. The summed E-state index contributed by atoms with van der Waals surface area (Å²) in [5, 5.41) is 4.90. The van der Waals surface area contributed by atoms with Crippen molar-refractivity contribution < 1.29 is 0 Å². The second-order valence-electron chi connectivity index (χ2n) is 7.48. The van der Waals surface area contributed by atoms with Crippen molar-refractivity contribution in [2.45, 2.75) is 19.9 Å². The highest BCUT2D eigenvalue weighted by molar-refractivity contribution is 5.86. The zero-order chi connectivity index (χ0) is 21.5. The molecule has 0 fully saturated rings. The molecule has 2 aromatic carbocycles. The number of benzene rings is 2. The highest BCUT2D eigenvalue weighted by Gasteiger charge is 2.19. The van der Waals surface area contributed by atoms with Crippen LogP contribution in [-0.2, 0) is 0 Å². The first-order chi connectivity index (χ1) is 15.0. The van der Waals surface area contributed by atoms with Gasteiger partial charge in [-0.15, -0.1) is 0 Å². The summed E-state index contributed by atoms with van der Waals surface area (Å²) in [7, 11) is 0. The van der Waals surface area contributed by atoms with Gasteiger partial charge in [-0.25, -0.2) is 14.8 Å². The Morgan fingerprint density at radius 1 is 1.00 bits per heavy atom. The molecule has 31 heavy (non-hydrogen) atoms. The molecule has 8 heteroatoms. The molecule has 5 aromatic rings. The lowest BCUT2D eigenvalue weighted by Crippen LogP contribution is -2.26. The normalized spacial score (nSPS) is 12.3. The Balaban J connectivity index is 1.71. The summed E-state index contributed by atoms with van der Waals surface area (Å²) in [6.07, 6.45) is 1.38. The number of H-pyrrole nitrogens is 2. The Kier molecular flexibility index (Phi) is 4.39. The van der Waals surface area contributed by atoms with Gasteiger partial charge < -0.3 is 10.3 Å². The van der Waals surface area contributed by atoms with Crippen molar-refractivity contribution >= 4 is 27.8 Å². The highest BCUT2D eigenvalue weighted by atomic mass is 16.1. The third-order valence-electron chi connectivity index (χ3n) is 5.41. The van der Waals surface area contributed by atoms with Crippen LogP contribution < -0.4 is 16.6 Å². The van der Waals surface area contributed by atoms with Crippen LogP contribution in [0.15, 0.2) is 70.5 Å². The Morgan fingerprint density at radius 3 is 2.61 bits per heavy atom. The number of hydrogen-bond acceptors (Lipinski definition) is 5. The molecule has 0 aliphatic carbocycles. The summed E-state index contributed by atoms with van der Waals surface area (Å²) < 4.78 is 1.73. The maximum absolute atomic E-state index is 13.6. The first-order valence-electron chi connectivity index (χ1n) is 9.93. The van der Waals surface area contributed by atoms with Gasteiger partial charge in [0.1, 0.15) is 11.8 Å². The fraction of sp³-hybridized carbons (Fsp3) is 0.130. The van der Waals surface area contributed by atoms with Crippen molar-refractivity contribution in [3.8, 4) is 5.69 Å². The number of pyridine rings is 1. The molecule has 3 aromatic heterocycles. The Hall–Kier alpha value is -4.20. The Labute approximate surface area is 176 Å². The molecule has 154 valence electrons. The minimum Gasteiger partial charge on any atom is -0.360 e. The van der Waals surface area contributed by atoms with Gasteiger partial charge in [0.2, 0.25) is 0 Å². The van der Waals surface area contributed by atoms with Crippen LogP contribution in [0.3, 0.4) is 0 Å². The number of para-hydroxylation sites is 1. The lowest BCUT2D eigenvalue weighted by molar-refractivity contribution is 0.774. The average molecular weight is 412 g/mol. The smallest absolute Gasteiger partial charge is 0.325 e. The van der Waals surface area contributed by atoms with Gasteiger partial charge in [0, 0.05) is 11.4 Å². The van der Waals surface area contributed by atoms with E-state index in [0.717, 1.165) is 22.3 Å². The van der Waals surface area contributed by atoms with Crippen molar-refractivity contribution in [1.29, 1.82) is 0 Å². The molecular weight excluding hydrogens is 392 g/mol. The van der Waals surface area contributed by atoms with E-state index in [0.29, 0.717) is 22.4 Å².